The maximum atomic E-state index is 13.5. The second-order valence-corrected chi connectivity index (χ2v) is 11.0. The van der Waals surface area contributed by atoms with Crippen molar-refractivity contribution in [2.45, 2.75) is 35.8 Å². The molecular formula is C22H22ClF3N2O3S. The van der Waals surface area contributed by atoms with Gasteiger partial charge in [-0.3, -0.25) is 4.79 Å². The zero-order valence-corrected chi connectivity index (χ0v) is 18.5. The Labute approximate surface area is 189 Å². The minimum absolute atomic E-state index is 0.000712. The van der Waals surface area contributed by atoms with E-state index in [2.05, 4.69) is 5.32 Å². The van der Waals surface area contributed by atoms with Crippen molar-refractivity contribution in [3.05, 3.63) is 58.4 Å². The Bertz CT molecular complexity index is 1140. The number of halogens is 4. The van der Waals surface area contributed by atoms with Crippen LogP contribution in [0.4, 0.5) is 18.9 Å². The molecule has 172 valence electrons. The fraction of sp³-hybridized carbons (Fsp3) is 0.409. The number of anilines is 1. The molecule has 10 heteroatoms. The lowest BCUT2D eigenvalue weighted by molar-refractivity contribution is 0.102. The summed E-state index contributed by atoms with van der Waals surface area (Å²) in [6, 6.07) is 5.07. The largest absolute Gasteiger partial charge is 0.330 e. The van der Waals surface area contributed by atoms with Gasteiger partial charge in [0.15, 0.2) is 27.3 Å². The van der Waals surface area contributed by atoms with Crippen molar-refractivity contribution < 1.29 is 26.4 Å². The third-order valence-corrected chi connectivity index (χ3v) is 9.42. The molecular weight excluding hydrogens is 465 g/mol. The van der Waals surface area contributed by atoms with Gasteiger partial charge in [0.2, 0.25) is 0 Å². The molecule has 0 spiro atoms. The summed E-state index contributed by atoms with van der Waals surface area (Å²) in [5.41, 5.74) is 5.45. The predicted molar refractivity (Wildman–Crippen MR) is 115 cm³/mol. The first-order valence-corrected chi connectivity index (χ1v) is 12.2. The summed E-state index contributed by atoms with van der Waals surface area (Å²) < 4.78 is 67.1. The summed E-state index contributed by atoms with van der Waals surface area (Å²) in [6.07, 6.45) is 3.11. The lowest BCUT2D eigenvalue weighted by Gasteiger charge is -2.34. The van der Waals surface area contributed by atoms with Crippen LogP contribution in [0.15, 0.2) is 35.2 Å². The van der Waals surface area contributed by atoms with Crippen molar-refractivity contribution in [3.63, 3.8) is 0 Å². The Balaban J connectivity index is 1.62. The SMILES string of the molecule is NCC1CC2CC[C@@H](C1)C2S(=O)(=O)c1cc(C(=O)Nc2cc(F)c(F)c(F)c2)ccc1Cl. The Morgan fingerprint density at radius 1 is 1.06 bits per heavy atom. The van der Waals surface area contributed by atoms with Crippen molar-refractivity contribution in [3.8, 4) is 0 Å². The van der Waals surface area contributed by atoms with E-state index in [1.54, 1.807) is 0 Å². The van der Waals surface area contributed by atoms with Crippen LogP contribution in [0.2, 0.25) is 5.02 Å². The highest BCUT2D eigenvalue weighted by molar-refractivity contribution is 7.92. The molecule has 2 aliphatic carbocycles. The number of carbonyl (C=O) groups is 1. The molecule has 1 amide bonds. The van der Waals surface area contributed by atoms with Gasteiger partial charge in [-0.2, -0.15) is 0 Å². The molecule has 0 heterocycles. The topological polar surface area (TPSA) is 89.3 Å². The third-order valence-electron chi connectivity index (χ3n) is 6.54. The first kappa shape index (κ1) is 23.1. The number of amides is 1. The minimum atomic E-state index is -3.83. The van der Waals surface area contributed by atoms with Gasteiger partial charge in [0.1, 0.15) is 0 Å². The van der Waals surface area contributed by atoms with Gasteiger partial charge >= 0.3 is 0 Å². The Kier molecular flexibility index (Phi) is 6.26. The molecule has 0 aromatic heterocycles. The van der Waals surface area contributed by atoms with Gasteiger partial charge in [0, 0.05) is 23.4 Å². The second-order valence-electron chi connectivity index (χ2n) is 8.53. The fourth-order valence-corrected chi connectivity index (χ4v) is 8.01. The zero-order chi connectivity index (χ0) is 23.2. The van der Waals surface area contributed by atoms with E-state index in [1.165, 1.54) is 18.2 Å². The zero-order valence-electron chi connectivity index (χ0n) is 17.0. The molecule has 0 aliphatic heterocycles. The van der Waals surface area contributed by atoms with Crippen LogP contribution in [0.25, 0.3) is 0 Å². The van der Waals surface area contributed by atoms with Crippen molar-refractivity contribution in [1.82, 2.24) is 0 Å². The lowest BCUT2D eigenvalue weighted by Crippen LogP contribution is -2.39. The molecule has 5 nitrogen and oxygen atoms in total. The van der Waals surface area contributed by atoms with Crippen LogP contribution in [-0.2, 0) is 9.84 Å². The highest BCUT2D eigenvalue weighted by Gasteiger charge is 2.49. The normalized spacial score (nSPS) is 25.0. The average Bonchev–Trinajstić information content (AvgIpc) is 3.03. The number of nitrogens with one attached hydrogen (secondary N) is 1. The second kappa shape index (κ2) is 8.68. The summed E-state index contributed by atoms with van der Waals surface area (Å²) in [4.78, 5) is 12.5. The molecule has 3 unspecified atom stereocenters. The highest BCUT2D eigenvalue weighted by Crippen LogP contribution is 2.49. The molecule has 4 atom stereocenters. The molecule has 2 fully saturated rings. The third kappa shape index (κ3) is 4.13. The van der Waals surface area contributed by atoms with Gasteiger partial charge in [0.05, 0.1) is 15.2 Å². The van der Waals surface area contributed by atoms with Crippen LogP contribution >= 0.6 is 11.6 Å². The van der Waals surface area contributed by atoms with Crippen LogP contribution in [0.5, 0.6) is 0 Å². The smallest absolute Gasteiger partial charge is 0.255 e. The van der Waals surface area contributed by atoms with Gasteiger partial charge in [0.25, 0.3) is 5.91 Å². The van der Waals surface area contributed by atoms with Gasteiger partial charge in [-0.15, -0.1) is 0 Å². The van der Waals surface area contributed by atoms with Crippen LogP contribution < -0.4 is 11.1 Å². The van der Waals surface area contributed by atoms with Gasteiger partial charge in [-0.05, 0) is 68.2 Å². The first-order valence-electron chi connectivity index (χ1n) is 10.3. The molecule has 2 aromatic rings. The summed E-state index contributed by atoms with van der Waals surface area (Å²) >= 11 is 6.22. The van der Waals surface area contributed by atoms with E-state index >= 15 is 0 Å². The van der Waals surface area contributed by atoms with E-state index in [0.717, 1.165) is 25.7 Å². The maximum Gasteiger partial charge on any atom is 0.255 e. The van der Waals surface area contributed by atoms with Crippen LogP contribution in [0.3, 0.4) is 0 Å². The molecule has 0 radical (unpaired) electrons. The molecule has 0 saturated heterocycles. The summed E-state index contributed by atoms with van der Waals surface area (Å²) in [6.45, 7) is 0.529. The van der Waals surface area contributed by atoms with Crippen molar-refractivity contribution in [2.75, 3.05) is 11.9 Å². The first-order chi connectivity index (χ1) is 15.1. The number of hydrogen-bond acceptors (Lipinski definition) is 4. The maximum absolute atomic E-state index is 13.5. The van der Waals surface area contributed by atoms with Crippen LogP contribution in [0, 0.1) is 35.2 Å². The average molecular weight is 487 g/mol. The molecule has 3 N–H and O–H groups in total. The number of rotatable bonds is 5. The number of carbonyl (C=O) groups excluding carboxylic acids is 1. The van der Waals surface area contributed by atoms with Crippen molar-refractivity contribution in [1.29, 1.82) is 0 Å². The number of fused-ring (bicyclic) bond motifs is 2. The molecule has 2 saturated carbocycles. The quantitative estimate of drug-likeness (QED) is 0.607. The fourth-order valence-electron chi connectivity index (χ4n) is 5.14. The lowest BCUT2D eigenvalue weighted by atomic mass is 9.80. The predicted octanol–water partition coefficient (Wildman–Crippen LogP) is 4.55. The Morgan fingerprint density at radius 2 is 1.66 bits per heavy atom. The molecule has 4 rings (SSSR count). The van der Waals surface area contributed by atoms with Gasteiger partial charge in [-0.25, -0.2) is 21.6 Å². The van der Waals surface area contributed by atoms with E-state index in [9.17, 15) is 26.4 Å². The molecule has 2 bridgehead atoms. The Morgan fingerprint density at radius 3 is 2.22 bits per heavy atom. The van der Waals surface area contributed by atoms with Crippen LogP contribution in [-0.4, -0.2) is 26.1 Å². The van der Waals surface area contributed by atoms with Crippen molar-refractivity contribution >= 4 is 33.0 Å². The van der Waals surface area contributed by atoms with Crippen molar-refractivity contribution in [2.24, 2.45) is 23.5 Å². The standard InChI is InChI=1S/C22H22ClF3N2O3S/c23-16-4-3-14(22(29)28-15-8-17(24)20(26)18(25)9-15)7-19(16)32(30,31)21-12-1-2-13(21)6-11(5-12)10-27/h3-4,7-9,11-13,21H,1-2,5-6,10,27H2,(H,28,29)/t11?,12-,13?,21?/m0/s1. The number of nitrogens with two attached hydrogens (primary N) is 1. The summed E-state index contributed by atoms with van der Waals surface area (Å²) in [7, 11) is -3.83. The summed E-state index contributed by atoms with van der Waals surface area (Å²) in [5.74, 6) is -5.08. The molecule has 2 aliphatic rings. The summed E-state index contributed by atoms with van der Waals surface area (Å²) in [5, 5.41) is 1.67. The van der Waals surface area contributed by atoms with E-state index in [4.69, 9.17) is 17.3 Å². The van der Waals surface area contributed by atoms with Gasteiger partial charge < -0.3 is 11.1 Å². The molecule has 2 aromatic carbocycles. The number of sulfone groups is 1. The Hall–Kier alpha value is -2.10. The minimum Gasteiger partial charge on any atom is -0.330 e. The number of benzene rings is 2. The van der Waals surface area contributed by atoms with Crippen LogP contribution in [0.1, 0.15) is 36.0 Å². The number of hydrogen-bond donors (Lipinski definition) is 2. The highest BCUT2D eigenvalue weighted by atomic mass is 35.5. The van der Waals surface area contributed by atoms with E-state index in [0.29, 0.717) is 24.6 Å². The molecule has 32 heavy (non-hydrogen) atoms. The van der Waals surface area contributed by atoms with E-state index in [1.807, 2.05) is 0 Å². The monoisotopic (exact) mass is 486 g/mol. The van der Waals surface area contributed by atoms with Gasteiger partial charge in [-0.1, -0.05) is 11.6 Å². The van der Waals surface area contributed by atoms with E-state index < -0.39 is 38.4 Å². The van der Waals surface area contributed by atoms with E-state index in [-0.39, 0.29) is 33.0 Å².